The summed E-state index contributed by atoms with van der Waals surface area (Å²) in [4.78, 5) is 23.6. The van der Waals surface area contributed by atoms with Crippen LogP contribution in [0.3, 0.4) is 0 Å². The summed E-state index contributed by atoms with van der Waals surface area (Å²) in [7, 11) is 1.59. The third-order valence-electron chi connectivity index (χ3n) is 2.86. The summed E-state index contributed by atoms with van der Waals surface area (Å²) in [5.74, 6) is -0.0957. The first-order valence-corrected chi connectivity index (χ1v) is 6.51. The monoisotopic (exact) mass is 263 g/mol. The Bertz CT molecular complexity index is 466. The number of methoxy groups -OCH3 is 1. The van der Waals surface area contributed by atoms with Gasteiger partial charge in [0, 0.05) is 12.1 Å². The summed E-state index contributed by atoms with van der Waals surface area (Å²) in [5.41, 5.74) is 1.33. The average Bonchev–Trinajstić information content (AvgIpc) is 2.42. The van der Waals surface area contributed by atoms with Gasteiger partial charge in [-0.05, 0) is 36.1 Å². The maximum absolute atomic E-state index is 12.0. The van der Waals surface area contributed by atoms with Crippen LogP contribution < -0.4 is 10.1 Å². The van der Waals surface area contributed by atoms with Crippen LogP contribution in [-0.4, -0.2) is 25.3 Å². The van der Waals surface area contributed by atoms with E-state index in [0.717, 1.165) is 17.7 Å². The molecule has 0 aliphatic heterocycles. The van der Waals surface area contributed by atoms with E-state index in [1.807, 2.05) is 20.8 Å². The molecule has 0 spiro atoms. The number of benzene rings is 1. The van der Waals surface area contributed by atoms with Crippen LogP contribution in [0, 0.1) is 0 Å². The molecule has 0 saturated carbocycles. The molecule has 1 N–H and O–H groups in total. The second-order valence-corrected chi connectivity index (χ2v) is 4.70. The van der Waals surface area contributed by atoms with Gasteiger partial charge in [-0.25, -0.2) is 0 Å². The van der Waals surface area contributed by atoms with Crippen molar-refractivity contribution in [1.29, 1.82) is 0 Å². The van der Waals surface area contributed by atoms with Crippen molar-refractivity contribution >= 4 is 11.7 Å². The highest BCUT2D eigenvalue weighted by Gasteiger charge is 2.18. The fourth-order valence-corrected chi connectivity index (χ4v) is 1.78. The van der Waals surface area contributed by atoms with Crippen molar-refractivity contribution in [2.24, 2.45) is 0 Å². The molecule has 0 unspecified atom stereocenters. The highest BCUT2D eigenvalue weighted by atomic mass is 16.5. The van der Waals surface area contributed by atoms with E-state index in [1.165, 1.54) is 0 Å². The van der Waals surface area contributed by atoms with Gasteiger partial charge in [0.2, 0.25) is 5.78 Å². The zero-order chi connectivity index (χ0) is 14.4. The predicted molar refractivity (Wildman–Crippen MR) is 74.7 cm³/mol. The predicted octanol–water partition coefficient (Wildman–Crippen LogP) is 2.53. The van der Waals surface area contributed by atoms with E-state index in [0.29, 0.717) is 12.1 Å². The van der Waals surface area contributed by atoms with Crippen molar-refractivity contribution in [2.75, 3.05) is 13.7 Å². The van der Waals surface area contributed by atoms with Crippen molar-refractivity contribution in [3.8, 4) is 5.75 Å². The molecule has 1 amide bonds. The molecule has 4 nitrogen and oxygen atoms in total. The lowest BCUT2D eigenvalue weighted by Crippen LogP contribution is -2.31. The summed E-state index contributed by atoms with van der Waals surface area (Å²) >= 11 is 0. The largest absolute Gasteiger partial charge is 0.496 e. The minimum Gasteiger partial charge on any atom is -0.496 e. The van der Waals surface area contributed by atoms with Gasteiger partial charge < -0.3 is 10.1 Å². The summed E-state index contributed by atoms with van der Waals surface area (Å²) in [6, 6.07) is 5.09. The van der Waals surface area contributed by atoms with Gasteiger partial charge in [0.1, 0.15) is 5.75 Å². The van der Waals surface area contributed by atoms with Gasteiger partial charge in [0.15, 0.2) is 0 Å². The quantitative estimate of drug-likeness (QED) is 0.634. The van der Waals surface area contributed by atoms with E-state index >= 15 is 0 Å². The van der Waals surface area contributed by atoms with Gasteiger partial charge >= 0.3 is 0 Å². The molecule has 0 aliphatic carbocycles. The molecule has 104 valence electrons. The van der Waals surface area contributed by atoms with E-state index in [2.05, 4.69) is 5.32 Å². The van der Waals surface area contributed by atoms with Crippen LogP contribution >= 0.6 is 0 Å². The van der Waals surface area contributed by atoms with Crippen LogP contribution in [0.1, 0.15) is 49.0 Å². The van der Waals surface area contributed by atoms with E-state index in [9.17, 15) is 9.59 Å². The molecule has 0 fully saturated rings. The normalized spacial score (nSPS) is 10.4. The van der Waals surface area contributed by atoms with E-state index in [4.69, 9.17) is 4.74 Å². The van der Waals surface area contributed by atoms with Crippen LogP contribution in [-0.2, 0) is 4.79 Å². The maximum atomic E-state index is 12.0. The number of carbonyl (C=O) groups is 2. The summed E-state index contributed by atoms with van der Waals surface area (Å²) in [5, 5.41) is 2.59. The number of carbonyl (C=O) groups excluding carboxylic acids is 2. The van der Waals surface area contributed by atoms with Crippen LogP contribution in [0.4, 0.5) is 0 Å². The molecule has 0 bridgehead atoms. The number of amides is 1. The van der Waals surface area contributed by atoms with E-state index < -0.39 is 11.7 Å². The summed E-state index contributed by atoms with van der Waals surface area (Å²) < 4.78 is 5.25. The minimum absolute atomic E-state index is 0.224. The van der Waals surface area contributed by atoms with Gasteiger partial charge in [0.05, 0.1) is 7.11 Å². The molecule has 0 heterocycles. The average molecular weight is 263 g/mol. The number of hydrogen-bond acceptors (Lipinski definition) is 3. The Balaban J connectivity index is 2.98. The molecule has 0 saturated heterocycles. The Kier molecular flexibility index (Phi) is 5.55. The Hall–Kier alpha value is -1.84. The molecule has 1 aromatic carbocycles. The van der Waals surface area contributed by atoms with Crippen molar-refractivity contribution in [3.05, 3.63) is 29.3 Å². The molecule has 0 aliphatic rings. The minimum atomic E-state index is -0.554. The number of rotatable bonds is 6. The third-order valence-corrected chi connectivity index (χ3v) is 2.86. The Labute approximate surface area is 114 Å². The number of hydrogen-bond donors (Lipinski definition) is 1. The number of ketones is 1. The lowest BCUT2D eigenvalue weighted by Gasteiger charge is -2.13. The SMILES string of the molecule is CCCNC(=O)C(=O)c1ccc(OC)c(C(C)C)c1. The topological polar surface area (TPSA) is 55.4 Å². The second-order valence-electron chi connectivity index (χ2n) is 4.70. The molecule has 4 heteroatoms. The molecular formula is C15H21NO3. The molecule has 19 heavy (non-hydrogen) atoms. The Morgan fingerprint density at radius 1 is 1.32 bits per heavy atom. The van der Waals surface area contributed by atoms with Crippen molar-refractivity contribution in [3.63, 3.8) is 0 Å². The lowest BCUT2D eigenvalue weighted by molar-refractivity contribution is -0.116. The van der Waals surface area contributed by atoms with Gasteiger partial charge in [-0.15, -0.1) is 0 Å². The molecule has 0 atom stereocenters. The lowest BCUT2D eigenvalue weighted by atomic mass is 9.98. The molecule has 1 aromatic rings. The number of nitrogens with one attached hydrogen (secondary N) is 1. The van der Waals surface area contributed by atoms with Gasteiger partial charge in [-0.1, -0.05) is 20.8 Å². The maximum Gasteiger partial charge on any atom is 0.292 e. The van der Waals surface area contributed by atoms with Crippen LogP contribution in [0.15, 0.2) is 18.2 Å². The van der Waals surface area contributed by atoms with Gasteiger partial charge in [0.25, 0.3) is 5.91 Å². The van der Waals surface area contributed by atoms with E-state index in [1.54, 1.807) is 25.3 Å². The standard InChI is InChI=1S/C15H21NO3/c1-5-8-16-15(18)14(17)11-6-7-13(19-4)12(9-11)10(2)3/h6-7,9-10H,5,8H2,1-4H3,(H,16,18). The Morgan fingerprint density at radius 3 is 2.53 bits per heavy atom. The fraction of sp³-hybridized carbons (Fsp3) is 0.467. The van der Waals surface area contributed by atoms with Crippen molar-refractivity contribution in [2.45, 2.75) is 33.1 Å². The van der Waals surface area contributed by atoms with Gasteiger partial charge in [-0.3, -0.25) is 9.59 Å². The van der Waals surface area contributed by atoms with Crippen molar-refractivity contribution < 1.29 is 14.3 Å². The summed E-state index contributed by atoms with van der Waals surface area (Å²) in [6.07, 6.45) is 0.804. The van der Waals surface area contributed by atoms with Crippen molar-refractivity contribution in [1.82, 2.24) is 5.32 Å². The highest BCUT2D eigenvalue weighted by Crippen LogP contribution is 2.27. The molecule has 1 rings (SSSR count). The first kappa shape index (κ1) is 15.2. The molecule has 0 aromatic heterocycles. The third kappa shape index (κ3) is 3.81. The molecule has 0 radical (unpaired) electrons. The fourth-order valence-electron chi connectivity index (χ4n) is 1.78. The first-order valence-electron chi connectivity index (χ1n) is 6.51. The van der Waals surface area contributed by atoms with Crippen LogP contribution in [0.5, 0.6) is 5.75 Å². The first-order chi connectivity index (χ1) is 9.01. The van der Waals surface area contributed by atoms with Crippen LogP contribution in [0.2, 0.25) is 0 Å². The van der Waals surface area contributed by atoms with E-state index in [-0.39, 0.29) is 5.92 Å². The number of Topliss-reactive ketones (excluding diaryl/α,β-unsaturated/α-hetero) is 1. The Morgan fingerprint density at radius 2 is 2.00 bits per heavy atom. The number of ether oxygens (including phenoxy) is 1. The van der Waals surface area contributed by atoms with Crippen LogP contribution in [0.25, 0.3) is 0 Å². The van der Waals surface area contributed by atoms with Gasteiger partial charge in [-0.2, -0.15) is 0 Å². The second kappa shape index (κ2) is 6.92. The highest BCUT2D eigenvalue weighted by molar-refractivity contribution is 6.42. The zero-order valence-electron chi connectivity index (χ0n) is 11.9. The zero-order valence-corrected chi connectivity index (χ0v) is 11.9. The smallest absolute Gasteiger partial charge is 0.292 e. The molecular weight excluding hydrogens is 242 g/mol. The summed E-state index contributed by atoms with van der Waals surface area (Å²) in [6.45, 7) is 6.49.